The van der Waals surface area contributed by atoms with Crippen LogP contribution in [-0.2, 0) is 0 Å². The summed E-state index contributed by atoms with van der Waals surface area (Å²) in [6.45, 7) is 0. The number of hydrogen-bond acceptors (Lipinski definition) is 6. The highest BCUT2D eigenvalue weighted by Crippen LogP contribution is 2.28. The number of nitrogens with zero attached hydrogens (tertiary/aromatic N) is 3. The van der Waals surface area contributed by atoms with E-state index in [2.05, 4.69) is 15.1 Å². The lowest BCUT2D eigenvalue weighted by molar-refractivity contribution is 0.432. The fraction of sp³-hybridized carbons (Fsp3) is 0. The van der Waals surface area contributed by atoms with Crippen molar-refractivity contribution in [3.05, 3.63) is 34.9 Å². The molecule has 0 aliphatic carbocycles. The highest BCUT2D eigenvalue weighted by Gasteiger charge is 2.12. The van der Waals surface area contributed by atoms with Gasteiger partial charge >= 0.3 is 0 Å². The summed E-state index contributed by atoms with van der Waals surface area (Å²) in [5.74, 6) is 0.919. The highest BCUT2D eigenvalue weighted by molar-refractivity contribution is 7.13. The topological polar surface area (TPSA) is 77.8 Å². The van der Waals surface area contributed by atoms with E-state index in [1.165, 1.54) is 11.3 Å². The van der Waals surface area contributed by atoms with Gasteiger partial charge in [0.1, 0.15) is 0 Å². The number of hydrogen-bond donors (Lipinski definition) is 1. The molecule has 0 amide bonds. The van der Waals surface area contributed by atoms with Gasteiger partial charge in [0, 0.05) is 11.8 Å². The first-order valence-electron chi connectivity index (χ1n) is 5.02. The van der Waals surface area contributed by atoms with Crippen molar-refractivity contribution in [1.29, 1.82) is 0 Å². The number of aromatic nitrogens is 3. The molecule has 18 heavy (non-hydrogen) atoms. The van der Waals surface area contributed by atoms with E-state index < -0.39 is 0 Å². The molecule has 0 saturated carbocycles. The molecule has 90 valence electrons. The second kappa shape index (κ2) is 4.40. The highest BCUT2D eigenvalue weighted by atomic mass is 35.5. The van der Waals surface area contributed by atoms with Crippen molar-refractivity contribution in [3.63, 3.8) is 0 Å². The van der Waals surface area contributed by atoms with Gasteiger partial charge in [-0.3, -0.25) is 4.98 Å². The normalized spacial score (nSPS) is 10.7. The predicted octanol–water partition coefficient (Wildman–Crippen LogP) is 3.10. The standard InChI is InChI=1S/C11H7ClN4OS/c12-7-2-1-6(3-8(7)13)11-15-10(16-17-11)9-4-14-5-18-9/h1-5H,13H2. The van der Waals surface area contributed by atoms with Gasteiger partial charge in [0.2, 0.25) is 5.82 Å². The Morgan fingerprint density at radius 1 is 1.33 bits per heavy atom. The molecule has 0 aliphatic heterocycles. The molecule has 0 saturated heterocycles. The number of nitrogens with two attached hydrogens (primary N) is 1. The second-order valence-corrected chi connectivity index (χ2v) is 4.82. The van der Waals surface area contributed by atoms with Crippen LogP contribution < -0.4 is 5.73 Å². The molecule has 0 bridgehead atoms. The molecule has 5 nitrogen and oxygen atoms in total. The molecular formula is C11H7ClN4OS. The van der Waals surface area contributed by atoms with Crippen molar-refractivity contribution in [2.24, 2.45) is 0 Å². The van der Waals surface area contributed by atoms with E-state index in [-0.39, 0.29) is 0 Å². The fourth-order valence-corrected chi connectivity index (χ4v) is 2.11. The maximum Gasteiger partial charge on any atom is 0.258 e. The zero-order chi connectivity index (χ0) is 12.5. The average molecular weight is 279 g/mol. The lowest BCUT2D eigenvalue weighted by Crippen LogP contribution is -1.87. The SMILES string of the molecule is Nc1cc(-c2nc(-c3cncs3)no2)ccc1Cl. The van der Waals surface area contributed by atoms with Crippen LogP contribution in [0.4, 0.5) is 5.69 Å². The van der Waals surface area contributed by atoms with E-state index in [1.54, 1.807) is 29.9 Å². The van der Waals surface area contributed by atoms with Gasteiger partial charge in [-0.05, 0) is 18.2 Å². The summed E-state index contributed by atoms with van der Waals surface area (Å²) in [5, 5.41) is 4.40. The number of anilines is 1. The van der Waals surface area contributed by atoms with Crippen LogP contribution in [-0.4, -0.2) is 15.1 Å². The minimum atomic E-state index is 0.404. The third kappa shape index (κ3) is 1.96. The molecule has 2 heterocycles. The lowest BCUT2D eigenvalue weighted by Gasteiger charge is -1.98. The monoisotopic (exact) mass is 278 g/mol. The van der Waals surface area contributed by atoms with Gasteiger partial charge in [-0.2, -0.15) is 4.98 Å². The summed E-state index contributed by atoms with van der Waals surface area (Å²) >= 11 is 7.30. The van der Waals surface area contributed by atoms with Gasteiger partial charge in [-0.1, -0.05) is 16.8 Å². The molecule has 3 rings (SSSR count). The Bertz CT molecular complexity index is 680. The number of nitrogen functional groups attached to an aromatic ring is 1. The maximum absolute atomic E-state index is 5.86. The molecular weight excluding hydrogens is 272 g/mol. The first kappa shape index (κ1) is 11.2. The van der Waals surface area contributed by atoms with Gasteiger partial charge in [0.15, 0.2) is 0 Å². The molecule has 2 aromatic heterocycles. The largest absolute Gasteiger partial charge is 0.398 e. The molecule has 0 spiro atoms. The van der Waals surface area contributed by atoms with Crippen LogP contribution in [0.3, 0.4) is 0 Å². The van der Waals surface area contributed by atoms with Crippen LogP contribution in [0.15, 0.2) is 34.4 Å². The molecule has 7 heteroatoms. The van der Waals surface area contributed by atoms with E-state index in [1.807, 2.05) is 0 Å². The molecule has 0 unspecified atom stereocenters. The van der Waals surface area contributed by atoms with Crippen LogP contribution >= 0.6 is 22.9 Å². The third-order valence-electron chi connectivity index (χ3n) is 2.32. The Hall–Kier alpha value is -1.92. The number of halogens is 1. The summed E-state index contributed by atoms with van der Waals surface area (Å²) in [6.07, 6.45) is 1.69. The van der Waals surface area contributed by atoms with Crippen molar-refractivity contribution in [1.82, 2.24) is 15.1 Å². The third-order valence-corrected chi connectivity index (χ3v) is 3.43. The number of rotatable bonds is 2. The lowest BCUT2D eigenvalue weighted by atomic mass is 10.2. The number of benzene rings is 1. The van der Waals surface area contributed by atoms with Gasteiger partial charge < -0.3 is 10.3 Å². The zero-order valence-electron chi connectivity index (χ0n) is 9.00. The fourth-order valence-electron chi connectivity index (χ4n) is 1.44. The Labute approximate surface area is 111 Å². The van der Waals surface area contributed by atoms with Crippen LogP contribution in [0.25, 0.3) is 22.2 Å². The van der Waals surface area contributed by atoms with Crippen LogP contribution in [0, 0.1) is 0 Å². The molecule has 0 fully saturated rings. The Balaban J connectivity index is 2.00. The average Bonchev–Trinajstić information content (AvgIpc) is 3.01. The molecule has 0 aliphatic rings. The number of thiazole rings is 1. The second-order valence-electron chi connectivity index (χ2n) is 3.53. The minimum Gasteiger partial charge on any atom is -0.398 e. The molecule has 2 N–H and O–H groups in total. The molecule has 0 atom stereocenters. The first-order valence-corrected chi connectivity index (χ1v) is 6.28. The van der Waals surface area contributed by atoms with E-state index in [9.17, 15) is 0 Å². The van der Waals surface area contributed by atoms with Crippen molar-refractivity contribution in [2.45, 2.75) is 0 Å². The minimum absolute atomic E-state index is 0.404. The Morgan fingerprint density at radius 2 is 2.22 bits per heavy atom. The summed E-state index contributed by atoms with van der Waals surface area (Å²) < 4.78 is 5.19. The van der Waals surface area contributed by atoms with Crippen LogP contribution in [0.5, 0.6) is 0 Å². The maximum atomic E-state index is 5.86. The quantitative estimate of drug-likeness (QED) is 0.729. The van der Waals surface area contributed by atoms with Crippen molar-refractivity contribution in [2.75, 3.05) is 5.73 Å². The Morgan fingerprint density at radius 3 is 2.94 bits per heavy atom. The first-order chi connectivity index (χ1) is 8.74. The van der Waals surface area contributed by atoms with Crippen LogP contribution in [0.1, 0.15) is 0 Å². The van der Waals surface area contributed by atoms with Crippen molar-refractivity contribution >= 4 is 28.6 Å². The predicted molar refractivity (Wildman–Crippen MR) is 70.3 cm³/mol. The van der Waals surface area contributed by atoms with Crippen LogP contribution in [0.2, 0.25) is 5.02 Å². The van der Waals surface area contributed by atoms with Crippen molar-refractivity contribution in [3.8, 4) is 22.2 Å². The molecule has 1 aromatic carbocycles. The molecule has 0 radical (unpaired) electrons. The van der Waals surface area contributed by atoms with E-state index in [0.717, 1.165) is 10.4 Å². The van der Waals surface area contributed by atoms with Gasteiger partial charge in [-0.25, -0.2) is 0 Å². The smallest absolute Gasteiger partial charge is 0.258 e. The summed E-state index contributed by atoms with van der Waals surface area (Å²) in [7, 11) is 0. The van der Waals surface area contributed by atoms with E-state index in [4.69, 9.17) is 21.9 Å². The Kier molecular flexibility index (Phi) is 2.73. The van der Waals surface area contributed by atoms with E-state index in [0.29, 0.717) is 22.4 Å². The summed E-state index contributed by atoms with van der Waals surface area (Å²) in [4.78, 5) is 9.11. The summed E-state index contributed by atoms with van der Waals surface area (Å²) in [6, 6.07) is 5.18. The van der Waals surface area contributed by atoms with Gasteiger partial charge in [0.05, 0.1) is 21.1 Å². The van der Waals surface area contributed by atoms with Crippen molar-refractivity contribution < 1.29 is 4.52 Å². The van der Waals surface area contributed by atoms with E-state index >= 15 is 0 Å². The molecule has 3 aromatic rings. The zero-order valence-corrected chi connectivity index (χ0v) is 10.6. The van der Waals surface area contributed by atoms with Gasteiger partial charge in [0.25, 0.3) is 5.89 Å². The summed E-state index contributed by atoms with van der Waals surface area (Å²) in [5.41, 5.74) is 8.66. The van der Waals surface area contributed by atoms with Gasteiger partial charge in [-0.15, -0.1) is 11.3 Å².